The van der Waals surface area contributed by atoms with Gasteiger partial charge in [0.15, 0.2) is 0 Å². The number of imidazole rings is 1. The Balaban J connectivity index is 1.51. The van der Waals surface area contributed by atoms with Crippen LogP contribution in [0.2, 0.25) is 0 Å². The van der Waals surface area contributed by atoms with E-state index < -0.39 is 5.60 Å². The Kier molecular flexibility index (Phi) is 4.01. The van der Waals surface area contributed by atoms with Crippen LogP contribution in [0.25, 0.3) is 5.78 Å². The van der Waals surface area contributed by atoms with Gasteiger partial charge in [0.2, 0.25) is 5.78 Å². The quantitative estimate of drug-likeness (QED) is 0.772. The molecule has 1 atom stereocenters. The van der Waals surface area contributed by atoms with E-state index in [0.29, 0.717) is 31.0 Å². The molecule has 4 heterocycles. The molecule has 8 nitrogen and oxygen atoms in total. The monoisotopic (exact) mass is 341 g/mol. The number of hydrogen-bond acceptors (Lipinski definition) is 6. The zero-order valence-electron chi connectivity index (χ0n) is 14.6. The van der Waals surface area contributed by atoms with Crippen LogP contribution in [-0.2, 0) is 12.1 Å². The second-order valence-electron chi connectivity index (χ2n) is 7.08. The van der Waals surface area contributed by atoms with Gasteiger partial charge in [-0.15, -0.1) is 5.10 Å². The maximum absolute atomic E-state index is 11.1. The highest BCUT2D eigenvalue weighted by Crippen LogP contribution is 2.31. The van der Waals surface area contributed by atoms with Crippen LogP contribution in [0.3, 0.4) is 0 Å². The van der Waals surface area contributed by atoms with Crippen LogP contribution in [0.15, 0.2) is 30.9 Å². The molecule has 8 heteroatoms. The van der Waals surface area contributed by atoms with Crippen LogP contribution in [0, 0.1) is 0 Å². The molecule has 1 aliphatic heterocycles. The fourth-order valence-corrected chi connectivity index (χ4v) is 3.39. The number of aromatic nitrogens is 6. The Labute approximate surface area is 146 Å². The summed E-state index contributed by atoms with van der Waals surface area (Å²) in [5, 5.41) is 19.5. The highest BCUT2D eigenvalue weighted by Gasteiger charge is 2.37. The van der Waals surface area contributed by atoms with Crippen molar-refractivity contribution in [2.24, 2.45) is 0 Å². The number of hydrogen-bond donors (Lipinski definition) is 1. The third kappa shape index (κ3) is 3.14. The van der Waals surface area contributed by atoms with Crippen molar-refractivity contribution >= 4 is 5.78 Å². The highest BCUT2D eigenvalue weighted by atomic mass is 16.3. The molecule has 0 radical (unpaired) electrons. The zero-order valence-corrected chi connectivity index (χ0v) is 14.6. The third-order valence-corrected chi connectivity index (χ3v) is 4.74. The Hall–Kier alpha value is -2.32. The molecule has 3 aromatic rings. The summed E-state index contributed by atoms with van der Waals surface area (Å²) in [6, 6.07) is 2.12. The van der Waals surface area contributed by atoms with Gasteiger partial charge in [-0.2, -0.15) is 0 Å². The van der Waals surface area contributed by atoms with Crippen LogP contribution in [0.5, 0.6) is 0 Å². The topological polar surface area (TPSA) is 84.4 Å². The van der Waals surface area contributed by atoms with Crippen molar-refractivity contribution in [1.29, 1.82) is 0 Å². The van der Waals surface area contributed by atoms with Crippen LogP contribution in [0.4, 0.5) is 0 Å². The molecule has 0 amide bonds. The maximum Gasteiger partial charge on any atom is 0.233 e. The molecule has 0 aliphatic carbocycles. The second-order valence-corrected chi connectivity index (χ2v) is 7.08. The normalized spacial score (nSPS) is 22.1. The van der Waals surface area contributed by atoms with Gasteiger partial charge in [-0.3, -0.25) is 9.30 Å². The number of aliphatic hydroxyl groups is 1. The van der Waals surface area contributed by atoms with Crippen molar-refractivity contribution in [2.75, 3.05) is 13.1 Å². The van der Waals surface area contributed by atoms with Gasteiger partial charge in [-0.25, -0.2) is 14.6 Å². The summed E-state index contributed by atoms with van der Waals surface area (Å²) in [7, 11) is 0. The Morgan fingerprint density at radius 3 is 2.96 bits per heavy atom. The number of piperidine rings is 1. The number of β-amino-alcohol motifs (C(OH)–C–C–N with tert-alkyl or cyclic N) is 1. The van der Waals surface area contributed by atoms with Gasteiger partial charge < -0.3 is 5.11 Å². The average molecular weight is 341 g/mol. The SMILES string of the molecule is CC(C)n1cc(C2(O)CCCN(Cc3cn4cccnc4n3)C2)nn1. The van der Waals surface area contributed by atoms with E-state index in [1.54, 1.807) is 10.9 Å². The zero-order chi connectivity index (χ0) is 17.4. The van der Waals surface area contributed by atoms with E-state index in [1.165, 1.54) is 0 Å². The van der Waals surface area contributed by atoms with E-state index in [2.05, 4.69) is 25.2 Å². The third-order valence-electron chi connectivity index (χ3n) is 4.74. The summed E-state index contributed by atoms with van der Waals surface area (Å²) in [6.07, 6.45) is 9.15. The molecule has 1 aliphatic rings. The summed E-state index contributed by atoms with van der Waals surface area (Å²) in [5.74, 6) is 0.699. The first-order chi connectivity index (χ1) is 12.0. The van der Waals surface area contributed by atoms with Crippen molar-refractivity contribution < 1.29 is 5.11 Å². The molecule has 1 N–H and O–H groups in total. The van der Waals surface area contributed by atoms with Gasteiger partial charge in [0.1, 0.15) is 11.3 Å². The van der Waals surface area contributed by atoms with E-state index in [0.717, 1.165) is 18.7 Å². The number of nitrogens with zero attached hydrogens (tertiary/aromatic N) is 7. The molecule has 25 heavy (non-hydrogen) atoms. The first kappa shape index (κ1) is 16.2. The average Bonchev–Trinajstić information content (AvgIpc) is 3.22. The molecule has 4 rings (SSSR count). The van der Waals surface area contributed by atoms with Crippen molar-refractivity contribution in [3.05, 3.63) is 42.2 Å². The van der Waals surface area contributed by atoms with E-state index in [9.17, 15) is 5.11 Å². The standard InChI is InChI=1S/C17H23N7O/c1-13(2)24-11-15(20-21-24)17(25)5-3-7-22(12-17)9-14-10-23-8-4-6-18-16(23)19-14/h4,6,8,10-11,13,25H,3,5,7,9,12H2,1-2H3. The van der Waals surface area contributed by atoms with Gasteiger partial charge in [0.25, 0.3) is 0 Å². The van der Waals surface area contributed by atoms with Gasteiger partial charge in [0.05, 0.1) is 11.9 Å². The summed E-state index contributed by atoms with van der Waals surface area (Å²) >= 11 is 0. The molecule has 0 aromatic carbocycles. The van der Waals surface area contributed by atoms with Crippen molar-refractivity contribution in [2.45, 2.75) is 44.9 Å². The lowest BCUT2D eigenvalue weighted by atomic mass is 9.90. The van der Waals surface area contributed by atoms with Gasteiger partial charge in [-0.1, -0.05) is 5.21 Å². The van der Waals surface area contributed by atoms with Gasteiger partial charge in [-0.05, 0) is 39.3 Å². The summed E-state index contributed by atoms with van der Waals surface area (Å²) in [5.41, 5.74) is 0.652. The molecule has 132 valence electrons. The first-order valence-corrected chi connectivity index (χ1v) is 8.69. The van der Waals surface area contributed by atoms with Crippen molar-refractivity contribution in [1.82, 2.24) is 34.3 Å². The molecule has 3 aromatic heterocycles. The molecule has 0 saturated carbocycles. The molecule has 1 fully saturated rings. The first-order valence-electron chi connectivity index (χ1n) is 8.69. The van der Waals surface area contributed by atoms with Crippen LogP contribution >= 0.6 is 0 Å². The fourth-order valence-electron chi connectivity index (χ4n) is 3.39. The van der Waals surface area contributed by atoms with Crippen molar-refractivity contribution in [3.8, 4) is 0 Å². The predicted molar refractivity (Wildman–Crippen MR) is 91.8 cm³/mol. The summed E-state index contributed by atoms with van der Waals surface area (Å²) < 4.78 is 3.71. The minimum atomic E-state index is -0.956. The second kappa shape index (κ2) is 6.20. The fraction of sp³-hybridized carbons (Fsp3) is 0.529. The highest BCUT2D eigenvalue weighted by molar-refractivity contribution is 5.29. The maximum atomic E-state index is 11.1. The largest absolute Gasteiger partial charge is 0.382 e. The van der Waals surface area contributed by atoms with E-state index in [1.807, 2.05) is 42.9 Å². The lowest BCUT2D eigenvalue weighted by Gasteiger charge is -2.37. The summed E-state index contributed by atoms with van der Waals surface area (Å²) in [4.78, 5) is 11.0. The lowest BCUT2D eigenvalue weighted by Crippen LogP contribution is -2.46. The Morgan fingerprint density at radius 2 is 2.20 bits per heavy atom. The van der Waals surface area contributed by atoms with Crippen LogP contribution in [-0.4, -0.2) is 52.5 Å². The number of rotatable bonds is 4. The number of likely N-dealkylation sites (tertiary alicyclic amines) is 1. The molecule has 1 unspecified atom stereocenters. The number of fused-ring (bicyclic) bond motifs is 1. The Morgan fingerprint density at radius 1 is 1.32 bits per heavy atom. The minimum absolute atomic E-state index is 0.231. The molecule has 0 spiro atoms. The molecular formula is C17H23N7O. The molecular weight excluding hydrogens is 318 g/mol. The van der Waals surface area contributed by atoms with Crippen molar-refractivity contribution in [3.63, 3.8) is 0 Å². The van der Waals surface area contributed by atoms with E-state index >= 15 is 0 Å². The lowest BCUT2D eigenvalue weighted by molar-refractivity contribution is -0.0417. The van der Waals surface area contributed by atoms with Crippen LogP contribution < -0.4 is 0 Å². The van der Waals surface area contributed by atoms with Crippen LogP contribution in [0.1, 0.15) is 44.1 Å². The smallest absolute Gasteiger partial charge is 0.233 e. The van der Waals surface area contributed by atoms with E-state index in [4.69, 9.17) is 0 Å². The Bertz CT molecular complexity index is 838. The van der Waals surface area contributed by atoms with Gasteiger partial charge >= 0.3 is 0 Å². The minimum Gasteiger partial charge on any atom is -0.382 e. The molecule has 0 bridgehead atoms. The van der Waals surface area contributed by atoms with Gasteiger partial charge in [0, 0.05) is 37.7 Å². The molecule has 1 saturated heterocycles. The predicted octanol–water partition coefficient (Wildman–Crippen LogP) is 1.39. The van der Waals surface area contributed by atoms with E-state index in [-0.39, 0.29) is 6.04 Å². The summed E-state index contributed by atoms with van der Waals surface area (Å²) in [6.45, 7) is 6.25.